The monoisotopic (exact) mass is 548 g/mol. The summed E-state index contributed by atoms with van der Waals surface area (Å²) in [5.74, 6) is -1.06. The zero-order valence-corrected chi connectivity index (χ0v) is 23.8. The van der Waals surface area contributed by atoms with Crippen LogP contribution in [0.4, 0.5) is 0 Å². The number of aliphatic hydroxyl groups excluding tert-OH is 1. The molecule has 1 fully saturated rings. The van der Waals surface area contributed by atoms with E-state index in [2.05, 4.69) is 15.6 Å². The molecule has 9 heteroatoms. The lowest BCUT2D eigenvalue weighted by Crippen LogP contribution is -2.57. The number of nitrogens with zero attached hydrogens (tertiary/aromatic N) is 2. The van der Waals surface area contributed by atoms with Crippen molar-refractivity contribution in [2.45, 2.75) is 65.3 Å². The van der Waals surface area contributed by atoms with Gasteiger partial charge in [0.15, 0.2) is 0 Å². The van der Waals surface area contributed by atoms with Crippen molar-refractivity contribution in [3.63, 3.8) is 0 Å². The van der Waals surface area contributed by atoms with Crippen molar-refractivity contribution in [3.05, 3.63) is 76.9 Å². The standard InChI is InChI=1S/C30H36N4O4S/c1-18-26(39-17-31-18)22-13-11-21(12-14-22)25(20-9-7-6-8-10-20)33-28(37)24-15-23(36)16-34(24)29(38)27(30(3,4)5)32-19(2)35/h6-14,17,23-25,27,36H,15-16H2,1-5H3,(H,32,35)(H,33,37)/t23-,24+,25?,27-/m1/s1. The summed E-state index contributed by atoms with van der Waals surface area (Å²) in [6.07, 6.45) is -0.709. The molecule has 0 saturated carbocycles. The quantitative estimate of drug-likeness (QED) is 0.416. The van der Waals surface area contributed by atoms with Crippen molar-refractivity contribution in [3.8, 4) is 10.4 Å². The predicted octanol–water partition coefficient (Wildman–Crippen LogP) is 3.84. The van der Waals surface area contributed by atoms with Gasteiger partial charge in [0.25, 0.3) is 0 Å². The zero-order chi connectivity index (χ0) is 28.3. The molecule has 39 heavy (non-hydrogen) atoms. The first-order chi connectivity index (χ1) is 18.5. The lowest BCUT2D eigenvalue weighted by Gasteiger charge is -2.35. The number of hydrogen-bond acceptors (Lipinski definition) is 6. The predicted molar refractivity (Wildman–Crippen MR) is 152 cm³/mol. The average molecular weight is 549 g/mol. The van der Waals surface area contributed by atoms with Crippen LogP contribution in [0.2, 0.25) is 0 Å². The van der Waals surface area contributed by atoms with Crippen molar-refractivity contribution in [1.29, 1.82) is 0 Å². The first-order valence-electron chi connectivity index (χ1n) is 13.1. The Hall–Kier alpha value is -3.56. The van der Waals surface area contributed by atoms with Gasteiger partial charge >= 0.3 is 0 Å². The first-order valence-corrected chi connectivity index (χ1v) is 13.9. The molecular weight excluding hydrogens is 512 g/mol. The van der Waals surface area contributed by atoms with Gasteiger partial charge in [-0.1, -0.05) is 75.4 Å². The Labute approximate surface area is 233 Å². The number of carbonyl (C=O) groups is 3. The number of carbonyl (C=O) groups excluding carboxylic acids is 3. The number of amides is 3. The first kappa shape index (κ1) is 28.4. The molecule has 4 rings (SSSR count). The van der Waals surface area contributed by atoms with Gasteiger partial charge in [0, 0.05) is 19.9 Å². The summed E-state index contributed by atoms with van der Waals surface area (Å²) < 4.78 is 0. The Morgan fingerprint density at radius 1 is 1.03 bits per heavy atom. The van der Waals surface area contributed by atoms with Gasteiger partial charge in [-0.15, -0.1) is 11.3 Å². The number of benzene rings is 2. The molecule has 2 heterocycles. The third kappa shape index (κ3) is 6.54. The van der Waals surface area contributed by atoms with Crippen LogP contribution in [0.1, 0.15) is 57.0 Å². The van der Waals surface area contributed by atoms with Crippen LogP contribution < -0.4 is 10.6 Å². The van der Waals surface area contributed by atoms with Crippen LogP contribution in [0.3, 0.4) is 0 Å². The van der Waals surface area contributed by atoms with Crippen LogP contribution >= 0.6 is 11.3 Å². The van der Waals surface area contributed by atoms with Crippen LogP contribution in [0.25, 0.3) is 10.4 Å². The fourth-order valence-corrected chi connectivity index (χ4v) is 5.78. The fraction of sp³-hybridized carbons (Fsp3) is 0.400. The van der Waals surface area contributed by atoms with E-state index in [1.165, 1.54) is 11.8 Å². The summed E-state index contributed by atoms with van der Waals surface area (Å²) in [6.45, 7) is 8.94. The third-order valence-corrected chi connectivity index (χ3v) is 7.97. The molecule has 3 aromatic rings. The topological polar surface area (TPSA) is 112 Å². The van der Waals surface area contributed by atoms with Crippen molar-refractivity contribution < 1.29 is 19.5 Å². The SMILES string of the molecule is CC(=O)N[C@H](C(=O)N1C[C@H](O)C[C@H]1C(=O)NC(c1ccccc1)c1ccc(-c2scnc2C)cc1)C(C)(C)C. The van der Waals surface area contributed by atoms with Crippen LogP contribution in [-0.4, -0.2) is 57.4 Å². The maximum absolute atomic E-state index is 13.7. The molecular formula is C30H36N4O4S. The number of aryl methyl sites for hydroxylation is 1. The number of nitrogens with one attached hydrogen (secondary N) is 2. The molecule has 2 aromatic carbocycles. The highest BCUT2D eigenvalue weighted by atomic mass is 32.1. The Kier molecular flexibility index (Phi) is 8.51. The summed E-state index contributed by atoms with van der Waals surface area (Å²) in [5, 5.41) is 16.4. The highest BCUT2D eigenvalue weighted by molar-refractivity contribution is 7.13. The van der Waals surface area contributed by atoms with Crippen molar-refractivity contribution in [1.82, 2.24) is 20.5 Å². The van der Waals surface area contributed by atoms with Gasteiger partial charge in [0.05, 0.1) is 28.2 Å². The summed E-state index contributed by atoms with van der Waals surface area (Å²) in [7, 11) is 0. The molecule has 1 aliphatic heterocycles. The Morgan fingerprint density at radius 3 is 2.23 bits per heavy atom. The van der Waals surface area contributed by atoms with Gasteiger partial charge in [-0.05, 0) is 29.0 Å². The maximum Gasteiger partial charge on any atom is 0.246 e. The second-order valence-electron chi connectivity index (χ2n) is 11.1. The van der Waals surface area contributed by atoms with Gasteiger partial charge in [-0.3, -0.25) is 14.4 Å². The Morgan fingerprint density at radius 2 is 1.67 bits per heavy atom. The molecule has 206 valence electrons. The smallest absolute Gasteiger partial charge is 0.246 e. The maximum atomic E-state index is 13.7. The summed E-state index contributed by atoms with van der Waals surface area (Å²) >= 11 is 1.58. The van der Waals surface area contributed by atoms with Gasteiger partial charge in [0.2, 0.25) is 17.7 Å². The van der Waals surface area contributed by atoms with E-state index in [0.29, 0.717) is 0 Å². The van der Waals surface area contributed by atoms with Crippen molar-refractivity contribution >= 4 is 29.1 Å². The molecule has 0 radical (unpaired) electrons. The number of thiazole rings is 1. The van der Waals surface area contributed by atoms with Gasteiger partial charge in [0.1, 0.15) is 12.1 Å². The zero-order valence-electron chi connectivity index (χ0n) is 23.0. The lowest BCUT2D eigenvalue weighted by atomic mass is 9.85. The van der Waals surface area contributed by atoms with E-state index in [1.54, 1.807) is 11.3 Å². The molecule has 1 saturated heterocycles. The van der Waals surface area contributed by atoms with Crippen LogP contribution in [0, 0.1) is 12.3 Å². The fourth-order valence-electron chi connectivity index (χ4n) is 4.97. The van der Waals surface area contributed by atoms with Crippen molar-refractivity contribution in [2.24, 2.45) is 5.41 Å². The van der Waals surface area contributed by atoms with Crippen LogP contribution in [0.5, 0.6) is 0 Å². The molecule has 1 aliphatic rings. The molecule has 3 N–H and O–H groups in total. The lowest BCUT2D eigenvalue weighted by molar-refractivity contribution is -0.143. The molecule has 8 nitrogen and oxygen atoms in total. The minimum atomic E-state index is -0.864. The van der Waals surface area contributed by atoms with Gasteiger partial charge in [-0.2, -0.15) is 0 Å². The van der Waals surface area contributed by atoms with E-state index in [0.717, 1.165) is 27.3 Å². The van der Waals surface area contributed by atoms with Crippen molar-refractivity contribution in [2.75, 3.05) is 6.54 Å². The van der Waals surface area contributed by atoms with Crippen LogP contribution in [-0.2, 0) is 14.4 Å². The largest absolute Gasteiger partial charge is 0.391 e. The van der Waals surface area contributed by atoms with E-state index in [9.17, 15) is 19.5 Å². The molecule has 0 bridgehead atoms. The normalized spacial score (nSPS) is 18.9. The highest BCUT2D eigenvalue weighted by Crippen LogP contribution is 2.31. The molecule has 3 amide bonds. The number of rotatable bonds is 7. The summed E-state index contributed by atoms with van der Waals surface area (Å²) in [4.78, 5) is 46.1. The molecule has 4 atom stereocenters. The third-order valence-electron chi connectivity index (χ3n) is 7.00. The molecule has 1 aromatic heterocycles. The van der Waals surface area contributed by atoms with E-state index in [1.807, 2.05) is 87.8 Å². The second kappa shape index (κ2) is 11.7. The van der Waals surface area contributed by atoms with Gasteiger partial charge < -0.3 is 20.6 Å². The van der Waals surface area contributed by atoms with E-state index >= 15 is 0 Å². The Bertz CT molecular complexity index is 1320. The molecule has 0 aliphatic carbocycles. The Balaban J connectivity index is 1.61. The minimum Gasteiger partial charge on any atom is -0.391 e. The van der Waals surface area contributed by atoms with E-state index in [4.69, 9.17) is 0 Å². The number of aliphatic hydroxyl groups is 1. The average Bonchev–Trinajstić information content (AvgIpc) is 3.50. The molecule has 1 unspecified atom stereocenters. The molecule has 0 spiro atoms. The second-order valence-corrected chi connectivity index (χ2v) is 12.0. The van der Waals surface area contributed by atoms with E-state index < -0.39 is 29.6 Å². The van der Waals surface area contributed by atoms with Crippen LogP contribution in [0.15, 0.2) is 60.1 Å². The summed E-state index contributed by atoms with van der Waals surface area (Å²) in [5.41, 5.74) is 5.06. The number of aromatic nitrogens is 1. The highest BCUT2D eigenvalue weighted by Gasteiger charge is 2.44. The summed E-state index contributed by atoms with van der Waals surface area (Å²) in [6, 6.07) is 15.5. The number of hydrogen-bond donors (Lipinski definition) is 3. The minimum absolute atomic E-state index is 0.0297. The van der Waals surface area contributed by atoms with Gasteiger partial charge in [-0.25, -0.2) is 4.98 Å². The number of β-amino-alcohol motifs (C(OH)–C–C–N with tert-alkyl or cyclic N) is 1. The van der Waals surface area contributed by atoms with E-state index in [-0.39, 0.29) is 30.7 Å². The number of likely N-dealkylation sites (tertiary alicyclic amines) is 1.